The van der Waals surface area contributed by atoms with Crippen LogP contribution in [0.15, 0.2) is 30.5 Å². The number of anilines is 1. The van der Waals surface area contributed by atoms with Gasteiger partial charge in [0.25, 0.3) is 0 Å². The summed E-state index contributed by atoms with van der Waals surface area (Å²) in [5.41, 5.74) is 0.182. The molecule has 8 heteroatoms. The maximum atomic E-state index is 16.1. The van der Waals surface area contributed by atoms with Crippen LogP contribution in [0.2, 0.25) is 0 Å². The number of aromatic nitrogens is 3. The summed E-state index contributed by atoms with van der Waals surface area (Å²) in [6, 6.07) is 5.57. The Balaban J connectivity index is 1.71. The second-order valence-electron chi connectivity index (χ2n) is 8.85. The molecule has 6 rings (SSSR count). The number of fused-ring (bicyclic) bond motifs is 2. The van der Waals surface area contributed by atoms with Crippen LogP contribution in [0.4, 0.5) is 14.6 Å². The number of halogens is 2. The van der Waals surface area contributed by atoms with E-state index in [2.05, 4.69) is 20.8 Å². The van der Waals surface area contributed by atoms with Crippen molar-refractivity contribution in [2.24, 2.45) is 0 Å². The molecule has 0 radical (unpaired) electrons. The van der Waals surface area contributed by atoms with Crippen LogP contribution in [0.25, 0.3) is 32.9 Å². The van der Waals surface area contributed by atoms with Gasteiger partial charge in [0.1, 0.15) is 28.6 Å². The number of aromatic hydroxyl groups is 1. The Morgan fingerprint density at radius 3 is 2.65 bits per heavy atom. The van der Waals surface area contributed by atoms with Crippen molar-refractivity contribution in [3.8, 4) is 35.4 Å². The standard InChI is InChI=1S/C26H20F2N4O2/c1-3-16-19(27)6-5-14-11-15(33)12-17(20(14)16)22-21(28)23-18(13-29-25(31-23)34-2)24(30-22)32-10-9-26(32)7-4-8-26/h1,5-6,11-13,33H,4,7-10H2,2H3. The molecule has 170 valence electrons. The Morgan fingerprint density at radius 1 is 1.18 bits per heavy atom. The van der Waals surface area contributed by atoms with Crippen LogP contribution in [-0.2, 0) is 0 Å². The molecular formula is C26H20F2N4O2. The monoisotopic (exact) mass is 458 g/mol. The van der Waals surface area contributed by atoms with E-state index in [-0.39, 0.29) is 39.6 Å². The molecule has 1 aliphatic carbocycles. The maximum Gasteiger partial charge on any atom is 0.316 e. The highest BCUT2D eigenvalue weighted by Gasteiger charge is 2.50. The predicted molar refractivity (Wildman–Crippen MR) is 125 cm³/mol. The van der Waals surface area contributed by atoms with Crippen molar-refractivity contribution in [3.63, 3.8) is 0 Å². The third-order valence-corrected chi connectivity index (χ3v) is 7.19. The lowest BCUT2D eigenvalue weighted by atomic mass is 9.68. The van der Waals surface area contributed by atoms with Crippen LogP contribution >= 0.6 is 0 Å². The van der Waals surface area contributed by atoms with E-state index in [1.165, 1.54) is 37.6 Å². The van der Waals surface area contributed by atoms with Gasteiger partial charge >= 0.3 is 6.01 Å². The number of hydrogen-bond acceptors (Lipinski definition) is 6. The first-order chi connectivity index (χ1) is 16.5. The highest BCUT2D eigenvalue weighted by Crippen LogP contribution is 2.51. The summed E-state index contributed by atoms with van der Waals surface area (Å²) in [6.45, 7) is 0.782. The number of hydrogen-bond donors (Lipinski definition) is 1. The van der Waals surface area contributed by atoms with Gasteiger partial charge in [0.05, 0.1) is 18.1 Å². The van der Waals surface area contributed by atoms with Crippen LogP contribution in [0.1, 0.15) is 31.2 Å². The van der Waals surface area contributed by atoms with Gasteiger partial charge in [0, 0.05) is 29.2 Å². The third-order valence-electron chi connectivity index (χ3n) is 7.19. The van der Waals surface area contributed by atoms with Crippen molar-refractivity contribution < 1.29 is 18.6 Å². The van der Waals surface area contributed by atoms with E-state index in [0.717, 1.165) is 32.2 Å². The van der Waals surface area contributed by atoms with Gasteiger partial charge in [-0.3, -0.25) is 0 Å². The van der Waals surface area contributed by atoms with Gasteiger partial charge in [-0.2, -0.15) is 4.98 Å². The first-order valence-electron chi connectivity index (χ1n) is 11.1. The fraction of sp³-hybridized carbons (Fsp3) is 0.269. The molecule has 0 atom stereocenters. The van der Waals surface area contributed by atoms with Crippen molar-refractivity contribution in [1.29, 1.82) is 0 Å². The zero-order chi connectivity index (χ0) is 23.6. The number of methoxy groups -OCH3 is 1. The molecule has 2 aromatic heterocycles. The average molecular weight is 458 g/mol. The summed E-state index contributed by atoms with van der Waals surface area (Å²) < 4.78 is 35.8. The summed E-state index contributed by atoms with van der Waals surface area (Å²) in [5.74, 6) is 1.50. The fourth-order valence-corrected chi connectivity index (χ4v) is 5.23. The van der Waals surface area contributed by atoms with E-state index < -0.39 is 11.6 Å². The van der Waals surface area contributed by atoms with Crippen molar-refractivity contribution in [1.82, 2.24) is 15.0 Å². The predicted octanol–water partition coefficient (Wildman–Crippen LogP) is 4.95. The maximum absolute atomic E-state index is 16.1. The number of benzene rings is 2. The summed E-state index contributed by atoms with van der Waals surface area (Å²) in [4.78, 5) is 15.4. The molecule has 0 bridgehead atoms. The lowest BCUT2D eigenvalue weighted by Gasteiger charge is -2.59. The molecular weight excluding hydrogens is 438 g/mol. The molecule has 0 amide bonds. The molecule has 1 saturated carbocycles. The summed E-state index contributed by atoms with van der Waals surface area (Å²) in [6.07, 6.45) is 11.4. The summed E-state index contributed by atoms with van der Waals surface area (Å²) in [7, 11) is 1.41. The SMILES string of the molecule is C#Cc1c(F)ccc2cc(O)cc(-c3nc(N4CCC45CCC5)c4cnc(OC)nc4c3F)c12. The van der Waals surface area contributed by atoms with E-state index in [0.29, 0.717) is 22.0 Å². The van der Waals surface area contributed by atoms with Crippen LogP contribution in [0.5, 0.6) is 11.8 Å². The molecule has 6 nitrogen and oxygen atoms in total. The van der Waals surface area contributed by atoms with E-state index in [9.17, 15) is 9.50 Å². The summed E-state index contributed by atoms with van der Waals surface area (Å²) >= 11 is 0. The zero-order valence-corrected chi connectivity index (χ0v) is 18.4. The van der Waals surface area contributed by atoms with Crippen LogP contribution in [0.3, 0.4) is 0 Å². The zero-order valence-electron chi connectivity index (χ0n) is 18.4. The molecule has 1 saturated heterocycles. The van der Waals surface area contributed by atoms with Gasteiger partial charge in [-0.1, -0.05) is 12.0 Å². The number of phenols is 1. The Kier molecular flexibility index (Phi) is 4.40. The largest absolute Gasteiger partial charge is 0.508 e. The molecule has 1 aliphatic heterocycles. The molecule has 0 unspecified atom stereocenters. The lowest BCUT2D eigenvalue weighted by Crippen LogP contribution is -2.64. The average Bonchev–Trinajstić information content (AvgIpc) is 2.78. The van der Waals surface area contributed by atoms with Crippen molar-refractivity contribution in [3.05, 3.63) is 47.7 Å². The van der Waals surface area contributed by atoms with Crippen LogP contribution in [0, 0.1) is 24.0 Å². The first-order valence-corrected chi connectivity index (χ1v) is 11.1. The Hall–Kier alpha value is -3.99. The molecule has 2 fully saturated rings. The fourth-order valence-electron chi connectivity index (χ4n) is 5.23. The van der Waals surface area contributed by atoms with Crippen molar-refractivity contribution >= 4 is 27.5 Å². The van der Waals surface area contributed by atoms with Gasteiger partial charge in [0.2, 0.25) is 0 Å². The number of pyridine rings is 1. The second-order valence-corrected chi connectivity index (χ2v) is 8.85. The molecule has 1 spiro atoms. The number of rotatable bonds is 3. The minimum Gasteiger partial charge on any atom is -0.508 e. The number of terminal acetylenes is 1. The topological polar surface area (TPSA) is 71.4 Å². The Bertz CT molecular complexity index is 1540. The summed E-state index contributed by atoms with van der Waals surface area (Å²) in [5, 5.41) is 11.7. The highest BCUT2D eigenvalue weighted by molar-refractivity contribution is 6.03. The highest BCUT2D eigenvalue weighted by atomic mass is 19.1. The molecule has 2 aliphatic rings. The van der Waals surface area contributed by atoms with Crippen LogP contribution < -0.4 is 9.64 Å². The second kappa shape index (κ2) is 7.26. The van der Waals surface area contributed by atoms with Gasteiger partial charge in [0.15, 0.2) is 5.82 Å². The molecule has 34 heavy (non-hydrogen) atoms. The van der Waals surface area contributed by atoms with Gasteiger partial charge in [-0.05, 0) is 49.3 Å². The lowest BCUT2D eigenvalue weighted by molar-refractivity contribution is 0.150. The minimum atomic E-state index is -0.721. The molecule has 3 heterocycles. The number of nitrogens with zero attached hydrogens (tertiary/aromatic N) is 4. The molecule has 2 aromatic carbocycles. The van der Waals surface area contributed by atoms with Gasteiger partial charge in [-0.25, -0.2) is 18.7 Å². The smallest absolute Gasteiger partial charge is 0.316 e. The van der Waals surface area contributed by atoms with Gasteiger partial charge < -0.3 is 14.7 Å². The van der Waals surface area contributed by atoms with Gasteiger partial charge in [-0.15, -0.1) is 6.42 Å². The van der Waals surface area contributed by atoms with Crippen LogP contribution in [-0.4, -0.2) is 39.3 Å². The normalized spacial score (nSPS) is 16.4. The van der Waals surface area contributed by atoms with E-state index in [1.807, 2.05) is 0 Å². The first kappa shape index (κ1) is 20.6. The Morgan fingerprint density at radius 2 is 2.00 bits per heavy atom. The molecule has 1 N–H and O–H groups in total. The van der Waals surface area contributed by atoms with E-state index >= 15 is 4.39 Å². The van der Waals surface area contributed by atoms with E-state index in [1.54, 1.807) is 0 Å². The number of phenolic OH excluding ortho intramolecular Hbond substituents is 1. The number of ether oxygens (including phenoxy) is 1. The molecule has 4 aromatic rings. The minimum absolute atomic E-state index is 0.0185. The van der Waals surface area contributed by atoms with E-state index in [4.69, 9.17) is 16.1 Å². The van der Waals surface area contributed by atoms with Crippen molar-refractivity contribution in [2.45, 2.75) is 31.2 Å². The third kappa shape index (κ3) is 2.76. The Labute approximate surface area is 194 Å². The quantitative estimate of drug-likeness (QED) is 0.438. The van der Waals surface area contributed by atoms with Crippen molar-refractivity contribution in [2.75, 3.05) is 18.6 Å².